The molecule has 1 aliphatic rings. The van der Waals surface area contributed by atoms with E-state index in [1.165, 1.54) is 15.2 Å². The van der Waals surface area contributed by atoms with Gasteiger partial charge in [-0.3, -0.25) is 4.98 Å². The molecule has 0 aliphatic carbocycles. The molecule has 3 aromatic heterocycles. The molecule has 4 heterocycles. The van der Waals surface area contributed by atoms with Gasteiger partial charge in [0.15, 0.2) is 5.65 Å². The minimum absolute atomic E-state index is 0.154. The molecule has 5 rings (SSSR count). The van der Waals surface area contributed by atoms with Crippen LogP contribution in [0.4, 0.5) is 10.6 Å². The van der Waals surface area contributed by atoms with Crippen molar-refractivity contribution in [2.24, 2.45) is 0 Å². The van der Waals surface area contributed by atoms with Crippen molar-refractivity contribution in [3.63, 3.8) is 0 Å². The molecule has 0 bridgehead atoms. The fourth-order valence-electron chi connectivity index (χ4n) is 4.43. The van der Waals surface area contributed by atoms with Crippen molar-refractivity contribution in [2.45, 2.75) is 24.8 Å². The van der Waals surface area contributed by atoms with Gasteiger partial charge in [-0.1, -0.05) is 23.8 Å². The Hall–Kier alpha value is -3.99. The van der Waals surface area contributed by atoms with E-state index < -0.39 is 16.1 Å². The Bertz CT molecular complexity index is 1500. The predicted molar refractivity (Wildman–Crippen MR) is 131 cm³/mol. The highest BCUT2D eigenvalue weighted by Crippen LogP contribution is 2.37. The van der Waals surface area contributed by atoms with E-state index in [1.54, 1.807) is 48.9 Å². The normalized spacial score (nSPS) is 16.6. The first-order valence-electron chi connectivity index (χ1n) is 11.1. The van der Waals surface area contributed by atoms with Gasteiger partial charge in [-0.05, 0) is 32.0 Å². The molecule has 1 N–H and O–H groups in total. The summed E-state index contributed by atoms with van der Waals surface area (Å²) in [5.74, 6) is 0.559. The van der Waals surface area contributed by atoms with Gasteiger partial charge in [-0.2, -0.15) is 0 Å². The number of rotatable bonds is 4. The van der Waals surface area contributed by atoms with E-state index in [2.05, 4.69) is 15.0 Å². The number of hydrogen-bond donors (Lipinski definition) is 1. The van der Waals surface area contributed by atoms with Gasteiger partial charge in [0.1, 0.15) is 12.1 Å². The summed E-state index contributed by atoms with van der Waals surface area (Å²) in [7, 11) is -3.95. The maximum atomic E-state index is 13.7. The first-order chi connectivity index (χ1) is 16.8. The highest BCUT2D eigenvalue weighted by Gasteiger charge is 2.31. The van der Waals surface area contributed by atoms with Crippen LogP contribution >= 0.6 is 0 Å². The third-order valence-electron chi connectivity index (χ3n) is 6.25. The van der Waals surface area contributed by atoms with Crippen LogP contribution in [0.2, 0.25) is 0 Å². The summed E-state index contributed by atoms with van der Waals surface area (Å²) < 4.78 is 28.5. The minimum Gasteiger partial charge on any atom is -0.465 e. The van der Waals surface area contributed by atoms with Crippen molar-refractivity contribution in [2.75, 3.05) is 24.5 Å². The summed E-state index contributed by atoms with van der Waals surface area (Å²) in [6.45, 7) is 4.86. The van der Waals surface area contributed by atoms with Crippen LogP contribution in [0.5, 0.6) is 0 Å². The molecule has 0 radical (unpaired) electrons. The van der Waals surface area contributed by atoms with Crippen molar-refractivity contribution in [3.05, 3.63) is 66.9 Å². The number of pyridine rings is 1. The molecule has 10 nitrogen and oxygen atoms in total. The summed E-state index contributed by atoms with van der Waals surface area (Å²) in [5.41, 5.74) is 2.56. The van der Waals surface area contributed by atoms with Crippen LogP contribution in [0.15, 0.2) is 66.2 Å². The first-order valence-corrected chi connectivity index (χ1v) is 12.5. The van der Waals surface area contributed by atoms with Crippen LogP contribution in [0.25, 0.3) is 22.2 Å². The van der Waals surface area contributed by atoms with E-state index in [1.807, 2.05) is 24.8 Å². The molecule has 1 fully saturated rings. The zero-order valence-electron chi connectivity index (χ0n) is 19.2. The number of nitrogens with zero attached hydrogens (tertiary/aromatic N) is 6. The molecule has 11 heteroatoms. The SMILES string of the molecule is Cc1ccc(S(=O)(=O)n2cc(-c3cccnc3)c3c(N4CCN(C(=O)O)CC4C)ncnc32)cc1. The predicted octanol–water partition coefficient (Wildman–Crippen LogP) is 3.23. The minimum atomic E-state index is -3.95. The second kappa shape index (κ2) is 8.66. The fraction of sp³-hybridized carbons (Fsp3) is 0.250. The number of anilines is 1. The number of amides is 1. The Labute approximate surface area is 202 Å². The molecule has 35 heavy (non-hydrogen) atoms. The summed E-state index contributed by atoms with van der Waals surface area (Å²) in [6.07, 6.45) is 5.27. The van der Waals surface area contributed by atoms with Crippen molar-refractivity contribution < 1.29 is 18.3 Å². The number of carbonyl (C=O) groups is 1. The lowest BCUT2D eigenvalue weighted by Crippen LogP contribution is -2.53. The van der Waals surface area contributed by atoms with Crippen LogP contribution in [0.1, 0.15) is 12.5 Å². The number of piperazine rings is 1. The van der Waals surface area contributed by atoms with Crippen LogP contribution in [0.3, 0.4) is 0 Å². The van der Waals surface area contributed by atoms with E-state index in [-0.39, 0.29) is 16.6 Å². The Morgan fingerprint density at radius 3 is 2.54 bits per heavy atom. The molecule has 1 aromatic carbocycles. The van der Waals surface area contributed by atoms with Gasteiger partial charge in [0.2, 0.25) is 0 Å². The Morgan fingerprint density at radius 1 is 1.11 bits per heavy atom. The maximum Gasteiger partial charge on any atom is 0.407 e. The average Bonchev–Trinajstić information content (AvgIpc) is 3.26. The molecular formula is C24H24N6O4S. The zero-order chi connectivity index (χ0) is 24.7. The largest absolute Gasteiger partial charge is 0.465 e. The maximum absolute atomic E-state index is 13.7. The zero-order valence-corrected chi connectivity index (χ0v) is 20.1. The standard InChI is InChI=1S/C24H24N6O4S/c1-16-5-7-19(8-6-16)35(33,34)30-14-20(18-4-3-9-25-12-18)21-22(26-15-27-23(21)30)29-11-10-28(24(31)32)13-17(29)2/h3-9,12,14-15,17H,10-11,13H2,1-2H3,(H,31,32). The van der Waals surface area contributed by atoms with E-state index in [0.717, 1.165) is 11.1 Å². The van der Waals surface area contributed by atoms with Gasteiger partial charge in [0.05, 0.1) is 10.3 Å². The summed E-state index contributed by atoms with van der Waals surface area (Å²) >= 11 is 0. The second-order valence-corrected chi connectivity index (χ2v) is 10.4. The molecule has 180 valence electrons. The Kier molecular flexibility index (Phi) is 5.64. The van der Waals surface area contributed by atoms with E-state index in [0.29, 0.717) is 36.4 Å². The molecule has 1 unspecified atom stereocenters. The number of aromatic nitrogens is 4. The topological polar surface area (TPSA) is 122 Å². The average molecular weight is 493 g/mol. The molecule has 0 spiro atoms. The van der Waals surface area contributed by atoms with Gasteiger partial charge in [-0.15, -0.1) is 0 Å². The van der Waals surface area contributed by atoms with Gasteiger partial charge < -0.3 is 14.9 Å². The Balaban J connectivity index is 1.72. The molecular weight excluding hydrogens is 468 g/mol. The van der Waals surface area contributed by atoms with Gasteiger partial charge in [0.25, 0.3) is 10.0 Å². The summed E-state index contributed by atoms with van der Waals surface area (Å²) in [6, 6.07) is 10.1. The quantitative estimate of drug-likeness (QED) is 0.461. The molecule has 4 aromatic rings. The smallest absolute Gasteiger partial charge is 0.407 e. The van der Waals surface area contributed by atoms with E-state index in [4.69, 9.17) is 0 Å². The van der Waals surface area contributed by atoms with Crippen molar-refractivity contribution in [3.8, 4) is 11.1 Å². The third-order valence-corrected chi connectivity index (χ3v) is 7.92. The fourth-order valence-corrected chi connectivity index (χ4v) is 5.75. The third kappa shape index (κ3) is 3.97. The molecule has 1 atom stereocenters. The van der Waals surface area contributed by atoms with Crippen molar-refractivity contribution in [1.29, 1.82) is 0 Å². The van der Waals surface area contributed by atoms with Gasteiger partial charge in [-0.25, -0.2) is 27.2 Å². The molecule has 0 saturated carbocycles. The molecule has 1 amide bonds. The number of aryl methyl sites for hydroxylation is 1. The monoisotopic (exact) mass is 492 g/mol. The summed E-state index contributed by atoms with van der Waals surface area (Å²) in [5, 5.41) is 9.98. The van der Waals surface area contributed by atoms with E-state index >= 15 is 0 Å². The highest BCUT2D eigenvalue weighted by molar-refractivity contribution is 7.90. The Morgan fingerprint density at radius 2 is 1.89 bits per heavy atom. The van der Waals surface area contributed by atoms with Crippen LogP contribution < -0.4 is 4.90 Å². The number of carboxylic acid groups (broad SMARTS) is 1. The van der Waals surface area contributed by atoms with Crippen molar-refractivity contribution in [1.82, 2.24) is 23.8 Å². The molecule has 1 aliphatic heterocycles. The lowest BCUT2D eigenvalue weighted by Gasteiger charge is -2.39. The second-order valence-electron chi connectivity index (χ2n) is 8.57. The summed E-state index contributed by atoms with van der Waals surface area (Å²) in [4.78, 5) is 28.1. The highest BCUT2D eigenvalue weighted by atomic mass is 32.2. The lowest BCUT2D eigenvalue weighted by molar-refractivity contribution is 0.136. The number of hydrogen-bond acceptors (Lipinski definition) is 7. The van der Waals surface area contributed by atoms with Gasteiger partial charge in [0, 0.05) is 55.4 Å². The van der Waals surface area contributed by atoms with Crippen LogP contribution in [-0.2, 0) is 10.0 Å². The van der Waals surface area contributed by atoms with Gasteiger partial charge >= 0.3 is 6.09 Å². The lowest BCUT2D eigenvalue weighted by atomic mass is 10.1. The first kappa shape index (κ1) is 22.8. The van der Waals surface area contributed by atoms with Crippen LogP contribution in [-0.4, -0.2) is 69.1 Å². The van der Waals surface area contributed by atoms with Crippen LogP contribution in [0, 0.1) is 6.92 Å². The number of fused-ring (bicyclic) bond motifs is 1. The number of benzene rings is 1. The van der Waals surface area contributed by atoms with E-state index in [9.17, 15) is 18.3 Å². The van der Waals surface area contributed by atoms with Crippen molar-refractivity contribution >= 4 is 33.0 Å². The molecule has 1 saturated heterocycles.